The van der Waals surface area contributed by atoms with Gasteiger partial charge in [0.25, 0.3) is 0 Å². The summed E-state index contributed by atoms with van der Waals surface area (Å²) in [6.45, 7) is 4.84. The fraction of sp³-hybridized carbons (Fsp3) is 0.481. The quantitative estimate of drug-likeness (QED) is 0.599. The maximum absolute atomic E-state index is 13.3. The van der Waals surface area contributed by atoms with Gasteiger partial charge >= 0.3 is 0 Å². The van der Waals surface area contributed by atoms with Gasteiger partial charge in [0.05, 0.1) is 20.1 Å². The molecule has 0 bridgehead atoms. The van der Waals surface area contributed by atoms with Crippen molar-refractivity contribution < 1.29 is 19.1 Å². The molecule has 2 heterocycles. The van der Waals surface area contributed by atoms with Crippen molar-refractivity contribution in [1.82, 2.24) is 9.80 Å². The van der Waals surface area contributed by atoms with E-state index in [0.29, 0.717) is 18.0 Å². The van der Waals surface area contributed by atoms with Crippen LogP contribution in [0.5, 0.6) is 11.5 Å². The number of methoxy groups -OCH3 is 2. The van der Waals surface area contributed by atoms with Crippen LogP contribution in [0.1, 0.15) is 24.8 Å². The summed E-state index contributed by atoms with van der Waals surface area (Å²) in [5.74, 6) is 0.960. The third kappa shape index (κ3) is 5.70. The Balaban J connectivity index is 1.29. The predicted octanol–water partition coefficient (Wildman–Crippen LogP) is 3.22. The number of carbonyl (C=O) groups excluding carboxylic acids is 2. The Kier molecular flexibility index (Phi) is 8.06. The van der Waals surface area contributed by atoms with E-state index in [1.54, 1.807) is 31.3 Å². The Hall–Kier alpha value is -3.06. The Morgan fingerprint density at radius 3 is 2.53 bits per heavy atom. The van der Waals surface area contributed by atoms with Crippen LogP contribution < -0.4 is 14.4 Å². The summed E-state index contributed by atoms with van der Waals surface area (Å²) in [6.07, 6.45) is 3.42. The molecule has 2 saturated heterocycles. The lowest BCUT2D eigenvalue weighted by Gasteiger charge is -2.25. The van der Waals surface area contributed by atoms with Crippen molar-refractivity contribution in [1.29, 1.82) is 0 Å². The molecular weight excluding hydrogens is 430 g/mol. The molecule has 1 atom stereocenters. The van der Waals surface area contributed by atoms with E-state index >= 15 is 0 Å². The van der Waals surface area contributed by atoms with E-state index in [0.717, 1.165) is 57.7 Å². The molecule has 2 aliphatic rings. The van der Waals surface area contributed by atoms with Crippen molar-refractivity contribution in [2.45, 2.75) is 25.7 Å². The molecule has 34 heavy (non-hydrogen) atoms. The van der Waals surface area contributed by atoms with Gasteiger partial charge in [0, 0.05) is 44.4 Å². The largest absolute Gasteiger partial charge is 0.493 e. The summed E-state index contributed by atoms with van der Waals surface area (Å²) < 4.78 is 10.7. The molecule has 1 unspecified atom stereocenters. The molecule has 0 aromatic heterocycles. The van der Waals surface area contributed by atoms with Gasteiger partial charge in [-0.3, -0.25) is 9.59 Å². The van der Waals surface area contributed by atoms with Gasteiger partial charge in [-0.1, -0.05) is 30.3 Å². The molecule has 182 valence electrons. The van der Waals surface area contributed by atoms with E-state index in [4.69, 9.17) is 9.47 Å². The Bertz CT molecular complexity index is 981. The highest BCUT2D eigenvalue weighted by atomic mass is 16.5. The van der Waals surface area contributed by atoms with Crippen LogP contribution in [0.3, 0.4) is 0 Å². The van der Waals surface area contributed by atoms with Gasteiger partial charge in [-0.15, -0.1) is 0 Å². The van der Waals surface area contributed by atoms with Crippen molar-refractivity contribution in [3.05, 3.63) is 54.1 Å². The van der Waals surface area contributed by atoms with Crippen molar-refractivity contribution in [2.75, 3.05) is 58.4 Å². The number of benzene rings is 2. The molecule has 0 radical (unpaired) electrons. The minimum atomic E-state index is -0.301. The van der Waals surface area contributed by atoms with Gasteiger partial charge in [-0.05, 0) is 50.0 Å². The second-order valence-electron chi connectivity index (χ2n) is 9.05. The fourth-order valence-electron chi connectivity index (χ4n) is 4.94. The summed E-state index contributed by atoms with van der Waals surface area (Å²) in [7, 11) is 3.16. The average molecular weight is 466 g/mol. The normalized spacial score (nSPS) is 19.2. The van der Waals surface area contributed by atoms with Crippen LogP contribution in [0.25, 0.3) is 0 Å². The average Bonchev–Trinajstić information content (AvgIpc) is 3.10. The van der Waals surface area contributed by atoms with E-state index in [1.807, 2.05) is 11.0 Å². The van der Waals surface area contributed by atoms with Gasteiger partial charge in [0.15, 0.2) is 11.5 Å². The summed E-state index contributed by atoms with van der Waals surface area (Å²) in [4.78, 5) is 32.2. The van der Waals surface area contributed by atoms with Crippen molar-refractivity contribution >= 4 is 17.5 Å². The summed E-state index contributed by atoms with van der Waals surface area (Å²) in [5.41, 5.74) is 2.11. The Morgan fingerprint density at radius 1 is 0.971 bits per heavy atom. The number of rotatable bonds is 8. The zero-order chi connectivity index (χ0) is 23.9. The molecule has 2 amide bonds. The van der Waals surface area contributed by atoms with Gasteiger partial charge in [-0.25, -0.2) is 0 Å². The number of ether oxygens (including phenoxy) is 2. The first-order valence-corrected chi connectivity index (χ1v) is 12.2. The highest BCUT2D eigenvalue weighted by Crippen LogP contribution is 2.34. The van der Waals surface area contributed by atoms with Gasteiger partial charge in [0.2, 0.25) is 11.8 Å². The fourth-order valence-corrected chi connectivity index (χ4v) is 4.94. The van der Waals surface area contributed by atoms with Crippen LogP contribution in [-0.4, -0.2) is 75.1 Å². The van der Waals surface area contributed by atoms with Crippen molar-refractivity contribution in [3.63, 3.8) is 0 Å². The number of nitrogens with zero attached hydrogens (tertiary/aromatic N) is 3. The second-order valence-corrected chi connectivity index (χ2v) is 9.05. The number of anilines is 1. The number of amides is 2. The molecule has 7 heteroatoms. The molecule has 4 rings (SSSR count). The maximum atomic E-state index is 13.3. The first-order valence-electron chi connectivity index (χ1n) is 12.2. The first-order chi connectivity index (χ1) is 16.6. The highest BCUT2D eigenvalue weighted by molar-refractivity contribution is 6.00. The second kappa shape index (κ2) is 11.4. The number of aryl methyl sites for hydroxylation is 1. The lowest BCUT2D eigenvalue weighted by atomic mass is 10.1. The van der Waals surface area contributed by atoms with E-state index < -0.39 is 0 Å². The summed E-state index contributed by atoms with van der Waals surface area (Å²) in [6, 6.07) is 16.0. The summed E-state index contributed by atoms with van der Waals surface area (Å²) in [5, 5.41) is 0. The zero-order valence-electron chi connectivity index (χ0n) is 20.2. The van der Waals surface area contributed by atoms with Gasteiger partial charge in [0.1, 0.15) is 0 Å². The lowest BCUT2D eigenvalue weighted by Crippen LogP contribution is -2.40. The van der Waals surface area contributed by atoms with Gasteiger partial charge in [-0.2, -0.15) is 0 Å². The molecule has 0 saturated carbocycles. The first kappa shape index (κ1) is 24.1. The number of carbonyl (C=O) groups is 2. The molecule has 2 aromatic rings. The third-order valence-electron chi connectivity index (χ3n) is 6.84. The minimum absolute atomic E-state index is 0.0251. The SMILES string of the molecule is COc1ccc(N2CC(C(=O)N3CCCN(CCCc4ccccc4)CC3)CC2=O)cc1OC. The molecule has 0 spiro atoms. The van der Waals surface area contributed by atoms with Crippen LogP contribution >= 0.6 is 0 Å². The van der Waals surface area contributed by atoms with E-state index in [-0.39, 0.29) is 24.2 Å². The monoisotopic (exact) mass is 465 g/mol. The van der Waals surface area contributed by atoms with Gasteiger partial charge < -0.3 is 24.2 Å². The Labute approximate surface area is 202 Å². The molecule has 2 fully saturated rings. The van der Waals surface area contributed by atoms with Crippen LogP contribution in [-0.2, 0) is 16.0 Å². The number of hydrogen-bond acceptors (Lipinski definition) is 5. The molecule has 7 nitrogen and oxygen atoms in total. The smallest absolute Gasteiger partial charge is 0.228 e. The zero-order valence-corrected chi connectivity index (χ0v) is 20.2. The van der Waals surface area contributed by atoms with Crippen LogP contribution in [0, 0.1) is 5.92 Å². The lowest BCUT2D eigenvalue weighted by molar-refractivity contribution is -0.135. The maximum Gasteiger partial charge on any atom is 0.228 e. The molecular formula is C27H35N3O4. The third-order valence-corrected chi connectivity index (χ3v) is 6.84. The van der Waals surface area contributed by atoms with E-state index in [1.165, 1.54) is 5.56 Å². The Morgan fingerprint density at radius 2 is 1.76 bits per heavy atom. The predicted molar refractivity (Wildman–Crippen MR) is 132 cm³/mol. The number of hydrogen-bond donors (Lipinski definition) is 0. The van der Waals surface area contributed by atoms with E-state index in [2.05, 4.69) is 35.2 Å². The summed E-state index contributed by atoms with van der Waals surface area (Å²) >= 11 is 0. The minimum Gasteiger partial charge on any atom is -0.493 e. The highest BCUT2D eigenvalue weighted by Gasteiger charge is 2.37. The van der Waals surface area contributed by atoms with Crippen LogP contribution in [0.15, 0.2) is 48.5 Å². The molecule has 2 aromatic carbocycles. The molecule has 0 N–H and O–H groups in total. The molecule has 0 aliphatic carbocycles. The van der Waals surface area contributed by atoms with E-state index in [9.17, 15) is 9.59 Å². The van der Waals surface area contributed by atoms with Crippen molar-refractivity contribution in [2.24, 2.45) is 5.92 Å². The standard InChI is InChI=1S/C27H35N3O4/c1-33-24-12-11-23(19-25(24)34-2)30-20-22(18-26(30)31)27(32)29-15-7-14-28(16-17-29)13-6-10-21-8-4-3-5-9-21/h3-5,8-9,11-12,19,22H,6-7,10,13-18,20H2,1-2H3. The van der Waals surface area contributed by atoms with Crippen molar-refractivity contribution in [3.8, 4) is 11.5 Å². The van der Waals surface area contributed by atoms with Crippen LogP contribution in [0.2, 0.25) is 0 Å². The molecule has 2 aliphatic heterocycles. The van der Waals surface area contributed by atoms with Crippen LogP contribution in [0.4, 0.5) is 5.69 Å². The topological polar surface area (TPSA) is 62.3 Å².